The highest BCUT2D eigenvalue weighted by Crippen LogP contribution is 2.40. The van der Waals surface area contributed by atoms with Crippen LogP contribution in [0.25, 0.3) is 0 Å². The molecule has 0 aromatic carbocycles. The van der Waals surface area contributed by atoms with Crippen LogP contribution in [0.4, 0.5) is 0 Å². The molecule has 1 N–H and O–H groups in total. The summed E-state index contributed by atoms with van der Waals surface area (Å²) in [4.78, 5) is 4.20. The fraction of sp³-hybridized carbons (Fsp3) is 0.667. The van der Waals surface area contributed by atoms with Crippen LogP contribution in [0.15, 0.2) is 18.5 Å². The van der Waals surface area contributed by atoms with Gasteiger partial charge in [-0.25, -0.2) is 0 Å². The highest BCUT2D eigenvalue weighted by atomic mass is 32.2. The quantitative estimate of drug-likeness (QED) is 0.870. The fourth-order valence-electron chi connectivity index (χ4n) is 2.32. The van der Waals surface area contributed by atoms with Gasteiger partial charge in [0.25, 0.3) is 0 Å². The number of ether oxygens (including phenoxy) is 1. The zero-order valence-electron chi connectivity index (χ0n) is 12.1. The molecular weight excluding hydrogens is 290 g/mol. The standard InChI is InChI=1S/C15H23NO2S2/c1-3-5-18-12-8-11(9-16-10-12)14(17)15-13(4-2)19-6-7-20-15/h8-10,13-15,17H,3-7H2,1-2H3. The van der Waals surface area contributed by atoms with Crippen molar-refractivity contribution in [1.29, 1.82) is 0 Å². The molecule has 112 valence electrons. The van der Waals surface area contributed by atoms with Crippen molar-refractivity contribution in [3.63, 3.8) is 0 Å². The summed E-state index contributed by atoms with van der Waals surface area (Å²) in [6, 6.07) is 1.93. The predicted molar refractivity (Wildman–Crippen MR) is 87.8 cm³/mol. The van der Waals surface area contributed by atoms with Crippen molar-refractivity contribution >= 4 is 23.5 Å². The number of aromatic nitrogens is 1. The molecule has 0 amide bonds. The van der Waals surface area contributed by atoms with Crippen molar-refractivity contribution < 1.29 is 9.84 Å². The van der Waals surface area contributed by atoms with E-state index in [9.17, 15) is 5.11 Å². The number of thioether (sulfide) groups is 2. The second-order valence-corrected chi connectivity index (χ2v) is 7.53. The van der Waals surface area contributed by atoms with Crippen LogP contribution in [-0.2, 0) is 0 Å². The number of pyridine rings is 1. The molecule has 3 unspecified atom stereocenters. The van der Waals surface area contributed by atoms with Crippen LogP contribution in [0.2, 0.25) is 0 Å². The normalized spacial score (nSPS) is 24.4. The largest absolute Gasteiger partial charge is 0.492 e. The van der Waals surface area contributed by atoms with E-state index in [0.29, 0.717) is 11.9 Å². The van der Waals surface area contributed by atoms with Crippen LogP contribution >= 0.6 is 23.5 Å². The molecule has 0 saturated carbocycles. The minimum absolute atomic E-state index is 0.252. The highest BCUT2D eigenvalue weighted by molar-refractivity contribution is 8.07. The molecule has 3 nitrogen and oxygen atoms in total. The maximum atomic E-state index is 10.7. The van der Waals surface area contributed by atoms with E-state index in [1.54, 1.807) is 12.4 Å². The third kappa shape index (κ3) is 4.06. The van der Waals surface area contributed by atoms with Gasteiger partial charge in [0, 0.05) is 33.8 Å². The predicted octanol–water partition coefficient (Wildman–Crippen LogP) is 3.53. The van der Waals surface area contributed by atoms with E-state index < -0.39 is 6.10 Å². The number of aliphatic hydroxyl groups excluding tert-OH is 1. The van der Waals surface area contributed by atoms with Gasteiger partial charge in [-0.05, 0) is 18.9 Å². The van der Waals surface area contributed by atoms with Crippen molar-refractivity contribution in [3.05, 3.63) is 24.0 Å². The molecule has 2 heterocycles. The van der Waals surface area contributed by atoms with E-state index in [-0.39, 0.29) is 5.25 Å². The molecule has 1 aliphatic heterocycles. The summed E-state index contributed by atoms with van der Waals surface area (Å²) in [5.41, 5.74) is 0.872. The summed E-state index contributed by atoms with van der Waals surface area (Å²) in [7, 11) is 0. The van der Waals surface area contributed by atoms with Gasteiger partial charge < -0.3 is 9.84 Å². The van der Waals surface area contributed by atoms with Gasteiger partial charge in [-0.1, -0.05) is 13.8 Å². The van der Waals surface area contributed by atoms with Gasteiger partial charge in [0.2, 0.25) is 0 Å². The van der Waals surface area contributed by atoms with Gasteiger partial charge in [-0.3, -0.25) is 4.98 Å². The molecule has 1 fully saturated rings. The van der Waals surface area contributed by atoms with Gasteiger partial charge >= 0.3 is 0 Å². The van der Waals surface area contributed by atoms with Gasteiger partial charge in [-0.2, -0.15) is 23.5 Å². The monoisotopic (exact) mass is 313 g/mol. The lowest BCUT2D eigenvalue weighted by Crippen LogP contribution is -2.31. The van der Waals surface area contributed by atoms with E-state index in [2.05, 4.69) is 18.8 Å². The van der Waals surface area contributed by atoms with Crippen LogP contribution in [0.1, 0.15) is 38.4 Å². The Labute approximate surface area is 129 Å². The molecule has 0 bridgehead atoms. The van der Waals surface area contributed by atoms with E-state index in [4.69, 9.17) is 4.74 Å². The molecule has 1 aromatic rings. The molecule has 20 heavy (non-hydrogen) atoms. The summed E-state index contributed by atoms with van der Waals surface area (Å²) in [5.74, 6) is 3.05. The van der Waals surface area contributed by atoms with Crippen molar-refractivity contribution in [2.75, 3.05) is 18.1 Å². The van der Waals surface area contributed by atoms with Crippen molar-refractivity contribution in [2.24, 2.45) is 0 Å². The van der Waals surface area contributed by atoms with E-state index in [0.717, 1.165) is 29.9 Å². The first-order valence-electron chi connectivity index (χ1n) is 7.25. The maximum Gasteiger partial charge on any atom is 0.137 e. The molecule has 0 aliphatic carbocycles. The minimum atomic E-state index is -0.463. The summed E-state index contributed by atoms with van der Waals surface area (Å²) in [6.07, 6.45) is 5.08. The Kier molecular flexibility index (Phi) is 6.52. The number of nitrogens with zero attached hydrogens (tertiary/aromatic N) is 1. The number of hydrogen-bond donors (Lipinski definition) is 1. The van der Waals surface area contributed by atoms with Crippen LogP contribution < -0.4 is 4.74 Å². The lowest BCUT2D eigenvalue weighted by molar-refractivity contribution is 0.171. The van der Waals surface area contributed by atoms with Crippen LogP contribution in [0, 0.1) is 0 Å². The molecule has 5 heteroatoms. The van der Waals surface area contributed by atoms with Crippen molar-refractivity contribution in [1.82, 2.24) is 4.98 Å². The summed E-state index contributed by atoms with van der Waals surface area (Å²) in [5, 5.41) is 11.4. The SMILES string of the molecule is CCCOc1cncc(C(O)C2SCCSC2CC)c1. The Hall–Kier alpha value is -0.390. The Bertz CT molecular complexity index is 417. The van der Waals surface area contributed by atoms with Gasteiger partial charge in [0.1, 0.15) is 5.75 Å². The minimum Gasteiger partial charge on any atom is -0.492 e. The third-order valence-corrected chi connectivity index (χ3v) is 6.69. The van der Waals surface area contributed by atoms with Gasteiger partial charge in [0.15, 0.2) is 0 Å². The molecular formula is C15H23NO2S2. The summed E-state index contributed by atoms with van der Waals surface area (Å²) in [6.45, 7) is 4.96. The molecule has 0 radical (unpaired) electrons. The number of hydrogen-bond acceptors (Lipinski definition) is 5. The Balaban J connectivity index is 2.08. The molecule has 2 rings (SSSR count). The van der Waals surface area contributed by atoms with E-state index >= 15 is 0 Å². The Morgan fingerprint density at radius 2 is 2.15 bits per heavy atom. The molecule has 1 saturated heterocycles. The summed E-state index contributed by atoms with van der Waals surface area (Å²) < 4.78 is 5.60. The Morgan fingerprint density at radius 3 is 2.90 bits per heavy atom. The van der Waals surface area contributed by atoms with Crippen molar-refractivity contribution in [3.8, 4) is 5.75 Å². The topological polar surface area (TPSA) is 42.4 Å². The van der Waals surface area contributed by atoms with E-state index in [1.165, 1.54) is 5.75 Å². The first-order valence-corrected chi connectivity index (χ1v) is 9.35. The van der Waals surface area contributed by atoms with Crippen LogP contribution in [-0.4, -0.2) is 38.7 Å². The van der Waals surface area contributed by atoms with Crippen LogP contribution in [0.3, 0.4) is 0 Å². The highest BCUT2D eigenvalue weighted by Gasteiger charge is 2.32. The zero-order chi connectivity index (χ0) is 14.4. The smallest absolute Gasteiger partial charge is 0.137 e. The molecule has 1 aromatic heterocycles. The lowest BCUT2D eigenvalue weighted by Gasteiger charge is -2.33. The molecule has 3 atom stereocenters. The van der Waals surface area contributed by atoms with Crippen LogP contribution in [0.5, 0.6) is 5.75 Å². The first kappa shape index (κ1) is 16.0. The first-order chi connectivity index (χ1) is 9.76. The third-order valence-electron chi connectivity index (χ3n) is 3.35. The average Bonchev–Trinajstić information content (AvgIpc) is 2.52. The zero-order valence-corrected chi connectivity index (χ0v) is 13.8. The summed E-state index contributed by atoms with van der Waals surface area (Å²) >= 11 is 3.86. The second-order valence-electron chi connectivity index (χ2n) is 4.90. The molecule has 1 aliphatic rings. The number of aliphatic hydroxyl groups is 1. The lowest BCUT2D eigenvalue weighted by atomic mass is 10.0. The van der Waals surface area contributed by atoms with Gasteiger partial charge in [-0.15, -0.1) is 0 Å². The second kappa shape index (κ2) is 8.15. The maximum absolute atomic E-state index is 10.7. The number of rotatable bonds is 6. The average molecular weight is 313 g/mol. The van der Waals surface area contributed by atoms with E-state index in [1.807, 2.05) is 29.6 Å². The molecule has 0 spiro atoms. The van der Waals surface area contributed by atoms with Gasteiger partial charge in [0.05, 0.1) is 18.9 Å². The fourth-order valence-corrected chi connectivity index (χ4v) is 5.45. The van der Waals surface area contributed by atoms with Crippen molar-refractivity contribution in [2.45, 2.75) is 43.3 Å². The Morgan fingerprint density at radius 1 is 1.35 bits per heavy atom.